The van der Waals surface area contributed by atoms with E-state index in [0.29, 0.717) is 36.7 Å². The van der Waals surface area contributed by atoms with Crippen molar-refractivity contribution in [2.75, 3.05) is 38.7 Å². The van der Waals surface area contributed by atoms with Crippen LogP contribution in [0.3, 0.4) is 0 Å². The van der Waals surface area contributed by atoms with Crippen LogP contribution in [-0.2, 0) is 22.5 Å². The molecule has 45 heavy (non-hydrogen) atoms. The molecule has 2 N–H and O–H groups in total. The number of rotatable bonds is 9. The van der Waals surface area contributed by atoms with E-state index in [1.165, 1.54) is 5.56 Å². The van der Waals surface area contributed by atoms with Crippen LogP contribution in [0.1, 0.15) is 61.5 Å². The number of benzene rings is 2. The summed E-state index contributed by atoms with van der Waals surface area (Å²) < 4.78 is 12.8. The van der Waals surface area contributed by atoms with Gasteiger partial charge in [0.2, 0.25) is 5.91 Å². The number of pyridine rings is 1. The molecule has 0 aliphatic carbocycles. The number of ether oxygens (including phenoxy) is 2. The van der Waals surface area contributed by atoms with Crippen molar-refractivity contribution >= 4 is 17.5 Å². The number of fused-ring (bicyclic) bond motifs is 1. The summed E-state index contributed by atoms with van der Waals surface area (Å²) in [7, 11) is 2.07. The molecule has 0 fully saturated rings. The SMILES string of the molecule is C[C@@H]1CCCCO[C@@H](CN(C)Cc2ccncc2)[C@H](C)CN([C@@H](C)CO)C(=O)c2cc(NC(=O)Cc3ccccc3)ccc2O1. The molecular formula is C36H48N4O5. The lowest BCUT2D eigenvalue weighted by Crippen LogP contribution is -2.47. The van der Waals surface area contributed by atoms with Gasteiger partial charge < -0.3 is 24.8 Å². The average molecular weight is 617 g/mol. The molecule has 242 valence electrons. The third kappa shape index (κ3) is 10.4. The fraction of sp³-hybridized carbons (Fsp3) is 0.472. The molecule has 1 aliphatic heterocycles. The summed E-state index contributed by atoms with van der Waals surface area (Å²) in [6.07, 6.45) is 6.21. The maximum atomic E-state index is 14.3. The molecule has 0 unspecified atom stereocenters. The topological polar surface area (TPSA) is 104 Å². The van der Waals surface area contributed by atoms with Crippen molar-refractivity contribution in [3.8, 4) is 5.75 Å². The van der Waals surface area contributed by atoms with Crippen molar-refractivity contribution in [1.82, 2.24) is 14.8 Å². The number of amides is 2. The fourth-order valence-electron chi connectivity index (χ4n) is 5.62. The Labute approximate surface area is 267 Å². The minimum Gasteiger partial charge on any atom is -0.490 e. The first-order valence-electron chi connectivity index (χ1n) is 16.0. The van der Waals surface area contributed by atoms with Crippen molar-refractivity contribution in [2.24, 2.45) is 5.92 Å². The lowest BCUT2D eigenvalue weighted by molar-refractivity contribution is -0.115. The van der Waals surface area contributed by atoms with Gasteiger partial charge in [-0.25, -0.2) is 0 Å². The second kappa shape index (κ2) is 17.1. The number of aliphatic hydroxyl groups excluding tert-OH is 1. The highest BCUT2D eigenvalue weighted by Gasteiger charge is 2.30. The predicted octanol–water partition coefficient (Wildman–Crippen LogP) is 5.19. The normalized spacial score (nSPS) is 20.5. The molecule has 9 heteroatoms. The number of nitrogens with one attached hydrogen (secondary N) is 1. The van der Waals surface area contributed by atoms with E-state index in [0.717, 1.165) is 31.4 Å². The third-order valence-electron chi connectivity index (χ3n) is 8.24. The fourth-order valence-corrected chi connectivity index (χ4v) is 5.62. The number of hydrogen-bond acceptors (Lipinski definition) is 7. The molecular weight excluding hydrogens is 568 g/mol. The van der Waals surface area contributed by atoms with Gasteiger partial charge in [0.05, 0.1) is 36.8 Å². The molecule has 0 saturated carbocycles. The zero-order valence-electron chi connectivity index (χ0n) is 27.0. The first-order chi connectivity index (χ1) is 21.7. The maximum absolute atomic E-state index is 14.3. The summed E-state index contributed by atoms with van der Waals surface area (Å²) in [5.74, 6) is 0.0145. The zero-order valence-corrected chi connectivity index (χ0v) is 27.0. The number of aliphatic hydroxyl groups is 1. The van der Waals surface area contributed by atoms with E-state index in [2.05, 4.69) is 29.2 Å². The van der Waals surface area contributed by atoms with Crippen LogP contribution in [0.4, 0.5) is 5.69 Å². The van der Waals surface area contributed by atoms with Gasteiger partial charge in [0, 0.05) is 50.2 Å². The minimum absolute atomic E-state index is 0.0252. The van der Waals surface area contributed by atoms with Crippen LogP contribution < -0.4 is 10.1 Å². The largest absolute Gasteiger partial charge is 0.490 e. The van der Waals surface area contributed by atoms with Crippen LogP contribution in [-0.4, -0.2) is 83.3 Å². The van der Waals surface area contributed by atoms with Gasteiger partial charge in [-0.2, -0.15) is 0 Å². The quantitative estimate of drug-likeness (QED) is 0.341. The number of nitrogens with zero attached hydrogens (tertiary/aromatic N) is 3. The summed E-state index contributed by atoms with van der Waals surface area (Å²) in [5.41, 5.74) is 2.95. The van der Waals surface area contributed by atoms with E-state index in [9.17, 15) is 14.7 Å². The predicted molar refractivity (Wildman–Crippen MR) is 176 cm³/mol. The van der Waals surface area contributed by atoms with Crippen molar-refractivity contribution in [3.05, 3.63) is 89.7 Å². The van der Waals surface area contributed by atoms with Gasteiger partial charge in [-0.15, -0.1) is 0 Å². The number of anilines is 1. The van der Waals surface area contributed by atoms with Gasteiger partial charge >= 0.3 is 0 Å². The molecule has 0 saturated heterocycles. The first-order valence-corrected chi connectivity index (χ1v) is 16.0. The summed E-state index contributed by atoms with van der Waals surface area (Å²) in [6, 6.07) is 18.3. The molecule has 3 aromatic rings. The summed E-state index contributed by atoms with van der Waals surface area (Å²) in [5, 5.41) is 13.2. The van der Waals surface area contributed by atoms with Crippen molar-refractivity contribution < 1.29 is 24.2 Å². The van der Waals surface area contributed by atoms with Crippen LogP contribution in [0.25, 0.3) is 0 Å². The Kier molecular flexibility index (Phi) is 12.9. The van der Waals surface area contributed by atoms with E-state index in [-0.39, 0.29) is 43.0 Å². The maximum Gasteiger partial charge on any atom is 0.258 e. The Balaban J connectivity index is 1.59. The molecule has 0 radical (unpaired) electrons. The Morgan fingerprint density at radius 3 is 2.58 bits per heavy atom. The van der Waals surface area contributed by atoms with Gasteiger partial charge in [-0.05, 0) is 81.6 Å². The van der Waals surface area contributed by atoms with Gasteiger partial charge in [-0.1, -0.05) is 37.3 Å². The summed E-state index contributed by atoms with van der Waals surface area (Å²) in [6.45, 7) is 8.20. The monoisotopic (exact) mass is 616 g/mol. The number of carbonyl (C=O) groups excluding carboxylic acids is 2. The van der Waals surface area contributed by atoms with Crippen LogP contribution in [0, 0.1) is 5.92 Å². The van der Waals surface area contributed by atoms with E-state index in [1.807, 2.05) is 56.3 Å². The van der Waals surface area contributed by atoms with E-state index in [1.54, 1.807) is 35.5 Å². The second-order valence-corrected chi connectivity index (χ2v) is 12.3. The summed E-state index contributed by atoms with van der Waals surface area (Å²) >= 11 is 0. The third-order valence-corrected chi connectivity index (χ3v) is 8.24. The van der Waals surface area contributed by atoms with E-state index < -0.39 is 6.04 Å². The molecule has 2 amide bonds. The Morgan fingerprint density at radius 2 is 1.84 bits per heavy atom. The lowest BCUT2D eigenvalue weighted by Gasteiger charge is -2.36. The molecule has 2 heterocycles. The Bertz CT molecular complexity index is 1360. The molecule has 9 nitrogen and oxygen atoms in total. The smallest absolute Gasteiger partial charge is 0.258 e. The Morgan fingerprint density at radius 1 is 1.09 bits per heavy atom. The molecule has 4 atom stereocenters. The van der Waals surface area contributed by atoms with Crippen LogP contribution in [0.2, 0.25) is 0 Å². The zero-order chi connectivity index (χ0) is 32.2. The molecule has 1 aliphatic rings. The van der Waals surface area contributed by atoms with Crippen molar-refractivity contribution in [1.29, 1.82) is 0 Å². The highest BCUT2D eigenvalue weighted by atomic mass is 16.5. The number of hydrogen-bond donors (Lipinski definition) is 2. The van der Waals surface area contributed by atoms with Crippen LogP contribution in [0.5, 0.6) is 5.75 Å². The average Bonchev–Trinajstić information content (AvgIpc) is 3.03. The molecule has 0 bridgehead atoms. The first kappa shape index (κ1) is 34.1. The number of likely N-dealkylation sites (N-methyl/N-ethyl adjacent to an activating group) is 1. The lowest BCUT2D eigenvalue weighted by atomic mass is 10.0. The summed E-state index contributed by atoms with van der Waals surface area (Å²) in [4.78, 5) is 35.3. The standard InChI is InChI=1S/C36H48N4O5/c1-26-22-40(27(2)25-41)36(43)32-21-31(38-35(42)20-29-11-6-5-7-12-29)13-14-33(32)45-28(3)10-8-9-19-44-34(26)24-39(4)23-30-15-17-37-18-16-30/h5-7,11-18,21,26-28,34,41H,8-10,19-20,22-25H2,1-4H3,(H,38,42)/t26-,27+,28-,34+/m1/s1. The molecule has 0 spiro atoms. The van der Waals surface area contributed by atoms with Crippen LogP contribution >= 0.6 is 0 Å². The van der Waals surface area contributed by atoms with Gasteiger partial charge in [0.1, 0.15) is 5.75 Å². The van der Waals surface area contributed by atoms with Crippen LogP contribution in [0.15, 0.2) is 73.1 Å². The highest BCUT2D eigenvalue weighted by Crippen LogP contribution is 2.28. The van der Waals surface area contributed by atoms with Crippen molar-refractivity contribution in [2.45, 2.75) is 71.2 Å². The molecule has 1 aromatic heterocycles. The van der Waals surface area contributed by atoms with Gasteiger partial charge in [0.15, 0.2) is 0 Å². The van der Waals surface area contributed by atoms with Gasteiger partial charge in [-0.3, -0.25) is 19.5 Å². The van der Waals surface area contributed by atoms with E-state index in [4.69, 9.17) is 9.47 Å². The van der Waals surface area contributed by atoms with E-state index >= 15 is 0 Å². The molecule has 4 rings (SSSR count). The molecule has 2 aromatic carbocycles. The number of aromatic nitrogens is 1. The van der Waals surface area contributed by atoms with Gasteiger partial charge in [0.25, 0.3) is 5.91 Å². The Hall–Kier alpha value is -3.79. The second-order valence-electron chi connectivity index (χ2n) is 12.3. The highest BCUT2D eigenvalue weighted by molar-refractivity contribution is 6.00. The number of carbonyl (C=O) groups is 2. The van der Waals surface area contributed by atoms with Crippen molar-refractivity contribution in [3.63, 3.8) is 0 Å². The minimum atomic E-state index is -0.440.